The Labute approximate surface area is 157 Å². The molecule has 0 radical (unpaired) electrons. The minimum atomic E-state index is -0.383. The van der Waals surface area contributed by atoms with Crippen LogP contribution in [0.5, 0.6) is 17.2 Å². The highest BCUT2D eigenvalue weighted by Gasteiger charge is 2.17. The Morgan fingerprint density at radius 3 is 2.04 bits per heavy atom. The van der Waals surface area contributed by atoms with Crippen LogP contribution in [-0.2, 0) is 4.74 Å². The van der Waals surface area contributed by atoms with E-state index >= 15 is 0 Å². The third-order valence-electron chi connectivity index (χ3n) is 4.14. The molecule has 3 rings (SSSR count). The first-order chi connectivity index (χ1) is 13.1. The molecule has 3 aromatic rings. The highest BCUT2D eigenvalue weighted by atomic mass is 16.5. The van der Waals surface area contributed by atoms with Crippen molar-refractivity contribution in [3.05, 3.63) is 54.2 Å². The molecule has 27 heavy (non-hydrogen) atoms. The number of rotatable bonds is 6. The van der Waals surface area contributed by atoms with Crippen molar-refractivity contribution >= 4 is 5.97 Å². The van der Waals surface area contributed by atoms with Gasteiger partial charge in [-0.05, 0) is 42.5 Å². The van der Waals surface area contributed by atoms with Crippen LogP contribution in [0.4, 0.5) is 0 Å². The van der Waals surface area contributed by atoms with Crippen LogP contribution in [0, 0.1) is 0 Å². The third kappa shape index (κ3) is 3.44. The molecule has 7 nitrogen and oxygen atoms in total. The number of carbonyl (C=O) groups excluding carboxylic acids is 1. The number of aromatic nitrogens is 2. The average Bonchev–Trinajstić information content (AvgIpc) is 3.21. The molecule has 0 unspecified atom stereocenters. The predicted octanol–water partition coefficient (Wildman–Crippen LogP) is 3.35. The topological polar surface area (TPSA) is 71.8 Å². The third-order valence-corrected chi connectivity index (χ3v) is 4.14. The standard InChI is InChI=1S/C20H20N2O5/c1-24-17-11-14(12-18(25-2)19(17)26-3)16-9-10-21-22(16)15-7-5-13(6-8-15)20(23)27-4/h5-12H,1-4H3. The van der Waals surface area contributed by atoms with Gasteiger partial charge in [0.05, 0.1) is 51.6 Å². The van der Waals surface area contributed by atoms with E-state index in [1.54, 1.807) is 56.5 Å². The molecule has 140 valence electrons. The van der Waals surface area contributed by atoms with E-state index in [1.807, 2.05) is 18.2 Å². The normalized spacial score (nSPS) is 10.4. The fraction of sp³-hybridized carbons (Fsp3) is 0.200. The molecule has 0 fully saturated rings. The molecule has 0 N–H and O–H groups in total. The quantitative estimate of drug-likeness (QED) is 0.622. The Balaban J connectivity index is 2.06. The van der Waals surface area contributed by atoms with E-state index in [0.717, 1.165) is 16.9 Å². The van der Waals surface area contributed by atoms with Gasteiger partial charge in [0.2, 0.25) is 5.75 Å². The summed E-state index contributed by atoms with van der Waals surface area (Å²) in [6, 6.07) is 12.6. The molecular formula is C20H20N2O5. The van der Waals surface area contributed by atoms with Gasteiger partial charge < -0.3 is 18.9 Å². The number of nitrogens with zero attached hydrogens (tertiary/aromatic N) is 2. The van der Waals surface area contributed by atoms with Crippen LogP contribution in [0.25, 0.3) is 16.9 Å². The Morgan fingerprint density at radius 2 is 1.52 bits per heavy atom. The summed E-state index contributed by atoms with van der Waals surface area (Å²) in [6.07, 6.45) is 1.70. The maximum Gasteiger partial charge on any atom is 0.337 e. The molecule has 0 saturated heterocycles. The van der Waals surface area contributed by atoms with Crippen molar-refractivity contribution in [2.45, 2.75) is 0 Å². The number of carbonyl (C=O) groups is 1. The van der Waals surface area contributed by atoms with E-state index in [2.05, 4.69) is 5.10 Å². The van der Waals surface area contributed by atoms with Crippen LogP contribution < -0.4 is 14.2 Å². The molecule has 0 aliphatic rings. The minimum Gasteiger partial charge on any atom is -0.493 e. The summed E-state index contributed by atoms with van der Waals surface area (Å²) < 4.78 is 22.7. The maximum atomic E-state index is 11.6. The molecule has 0 aliphatic heterocycles. The summed E-state index contributed by atoms with van der Waals surface area (Å²) in [7, 11) is 6.06. The molecule has 0 amide bonds. The van der Waals surface area contributed by atoms with Gasteiger partial charge in [0, 0.05) is 5.56 Å². The molecule has 0 atom stereocenters. The largest absolute Gasteiger partial charge is 0.493 e. The van der Waals surface area contributed by atoms with Crippen molar-refractivity contribution < 1.29 is 23.7 Å². The number of benzene rings is 2. The summed E-state index contributed by atoms with van der Waals surface area (Å²) in [5.41, 5.74) is 2.96. The Bertz CT molecular complexity index is 922. The van der Waals surface area contributed by atoms with Crippen LogP contribution in [0.15, 0.2) is 48.7 Å². The second-order valence-electron chi connectivity index (χ2n) is 5.58. The first-order valence-electron chi connectivity index (χ1n) is 8.16. The van der Waals surface area contributed by atoms with Gasteiger partial charge in [-0.15, -0.1) is 0 Å². The summed E-state index contributed by atoms with van der Waals surface area (Å²) in [4.78, 5) is 11.6. The Morgan fingerprint density at radius 1 is 0.889 bits per heavy atom. The van der Waals surface area contributed by atoms with Crippen LogP contribution >= 0.6 is 0 Å². The molecule has 0 saturated carbocycles. The summed E-state index contributed by atoms with van der Waals surface area (Å²) in [5.74, 6) is 1.25. The molecule has 1 heterocycles. The average molecular weight is 368 g/mol. The maximum absolute atomic E-state index is 11.6. The number of esters is 1. The van der Waals surface area contributed by atoms with Crippen molar-refractivity contribution in [1.29, 1.82) is 0 Å². The lowest BCUT2D eigenvalue weighted by Gasteiger charge is -2.15. The minimum absolute atomic E-state index is 0.383. The molecule has 0 bridgehead atoms. The van der Waals surface area contributed by atoms with Crippen LogP contribution in [0.2, 0.25) is 0 Å². The smallest absolute Gasteiger partial charge is 0.337 e. The second kappa shape index (κ2) is 7.82. The lowest BCUT2D eigenvalue weighted by atomic mass is 10.1. The van der Waals surface area contributed by atoms with Crippen LogP contribution in [-0.4, -0.2) is 44.2 Å². The lowest BCUT2D eigenvalue weighted by Crippen LogP contribution is -2.03. The second-order valence-corrected chi connectivity index (χ2v) is 5.58. The van der Waals surface area contributed by atoms with Gasteiger partial charge in [0.25, 0.3) is 0 Å². The van der Waals surface area contributed by atoms with Crippen LogP contribution in [0.3, 0.4) is 0 Å². The number of ether oxygens (including phenoxy) is 4. The van der Waals surface area contributed by atoms with Gasteiger partial charge in [-0.3, -0.25) is 0 Å². The molecular weight excluding hydrogens is 348 g/mol. The van der Waals surface area contributed by atoms with Crippen molar-refractivity contribution in [3.8, 4) is 34.2 Å². The number of methoxy groups -OCH3 is 4. The number of hydrogen-bond donors (Lipinski definition) is 0. The van der Waals surface area contributed by atoms with E-state index in [9.17, 15) is 4.79 Å². The van der Waals surface area contributed by atoms with Gasteiger partial charge in [0.1, 0.15) is 0 Å². The van der Waals surface area contributed by atoms with E-state index in [4.69, 9.17) is 18.9 Å². The van der Waals surface area contributed by atoms with Gasteiger partial charge in [-0.2, -0.15) is 5.10 Å². The molecule has 1 aromatic heterocycles. The predicted molar refractivity (Wildman–Crippen MR) is 100.0 cm³/mol. The van der Waals surface area contributed by atoms with Crippen molar-refractivity contribution in [2.75, 3.05) is 28.4 Å². The Hall–Kier alpha value is -3.48. The summed E-state index contributed by atoms with van der Waals surface area (Å²) in [6.45, 7) is 0. The van der Waals surface area contributed by atoms with E-state index in [-0.39, 0.29) is 5.97 Å². The van der Waals surface area contributed by atoms with E-state index < -0.39 is 0 Å². The van der Waals surface area contributed by atoms with Gasteiger partial charge in [0.15, 0.2) is 11.5 Å². The zero-order valence-corrected chi connectivity index (χ0v) is 15.6. The van der Waals surface area contributed by atoms with Gasteiger partial charge in [-0.25, -0.2) is 9.48 Å². The van der Waals surface area contributed by atoms with Gasteiger partial charge >= 0.3 is 5.97 Å². The zero-order chi connectivity index (χ0) is 19.4. The monoisotopic (exact) mass is 368 g/mol. The van der Waals surface area contributed by atoms with E-state index in [1.165, 1.54) is 7.11 Å². The first kappa shape index (κ1) is 18.3. The van der Waals surface area contributed by atoms with Crippen molar-refractivity contribution in [1.82, 2.24) is 9.78 Å². The Kier molecular flexibility index (Phi) is 5.30. The zero-order valence-electron chi connectivity index (χ0n) is 15.6. The highest BCUT2D eigenvalue weighted by Crippen LogP contribution is 2.41. The molecule has 0 aliphatic carbocycles. The molecule has 7 heteroatoms. The summed E-state index contributed by atoms with van der Waals surface area (Å²) >= 11 is 0. The van der Waals surface area contributed by atoms with Crippen molar-refractivity contribution in [2.24, 2.45) is 0 Å². The van der Waals surface area contributed by atoms with E-state index in [0.29, 0.717) is 22.8 Å². The van der Waals surface area contributed by atoms with Crippen LogP contribution in [0.1, 0.15) is 10.4 Å². The fourth-order valence-corrected chi connectivity index (χ4v) is 2.81. The lowest BCUT2D eigenvalue weighted by molar-refractivity contribution is 0.0600. The molecule has 0 spiro atoms. The number of hydrogen-bond acceptors (Lipinski definition) is 6. The molecule has 2 aromatic carbocycles. The summed E-state index contributed by atoms with van der Waals surface area (Å²) in [5, 5.41) is 4.40. The fourth-order valence-electron chi connectivity index (χ4n) is 2.81. The first-order valence-corrected chi connectivity index (χ1v) is 8.16. The highest BCUT2D eigenvalue weighted by molar-refractivity contribution is 5.89. The SMILES string of the molecule is COC(=O)c1ccc(-n2nccc2-c2cc(OC)c(OC)c(OC)c2)cc1. The van der Waals surface area contributed by atoms with Crippen molar-refractivity contribution in [3.63, 3.8) is 0 Å². The van der Waals surface area contributed by atoms with Gasteiger partial charge in [-0.1, -0.05) is 0 Å².